The van der Waals surface area contributed by atoms with Crippen LogP contribution in [0.4, 0.5) is 0 Å². The predicted molar refractivity (Wildman–Crippen MR) is 89.3 cm³/mol. The Kier molecular flexibility index (Phi) is 3.28. The van der Waals surface area contributed by atoms with Gasteiger partial charge >= 0.3 is 5.97 Å². The van der Waals surface area contributed by atoms with E-state index in [2.05, 4.69) is 0 Å². The van der Waals surface area contributed by atoms with Gasteiger partial charge in [-0.25, -0.2) is 4.79 Å². The summed E-state index contributed by atoms with van der Waals surface area (Å²) >= 11 is 0. The van der Waals surface area contributed by atoms with Gasteiger partial charge in [0.1, 0.15) is 5.69 Å². The van der Waals surface area contributed by atoms with Crippen LogP contribution in [-0.4, -0.2) is 15.6 Å². The fourth-order valence-electron chi connectivity index (χ4n) is 3.04. The van der Waals surface area contributed by atoms with Crippen LogP contribution in [0.3, 0.4) is 0 Å². The summed E-state index contributed by atoms with van der Waals surface area (Å²) in [7, 11) is 0. The summed E-state index contributed by atoms with van der Waals surface area (Å²) in [5.74, 6) is -0.898. The first-order valence-corrected chi connectivity index (χ1v) is 7.34. The summed E-state index contributed by atoms with van der Waals surface area (Å²) in [6, 6.07) is 17.6. The highest BCUT2D eigenvalue weighted by Gasteiger charge is 2.28. The van der Waals surface area contributed by atoms with Crippen molar-refractivity contribution in [2.24, 2.45) is 0 Å². The molecule has 22 heavy (non-hydrogen) atoms. The number of rotatable bonds is 2. The Morgan fingerprint density at radius 2 is 1.55 bits per heavy atom. The molecule has 1 N–H and O–H groups in total. The van der Waals surface area contributed by atoms with E-state index < -0.39 is 5.97 Å². The fraction of sp³-hybridized carbons (Fsp3) is 0.211. The number of nitrogens with zero attached hydrogens (tertiary/aromatic N) is 1. The number of carboxylic acid groups (broad SMARTS) is 1. The summed E-state index contributed by atoms with van der Waals surface area (Å²) in [4.78, 5) is 12.0. The molecule has 3 aromatic rings. The first-order chi connectivity index (χ1) is 10.4. The van der Waals surface area contributed by atoms with Crippen LogP contribution in [0, 0.1) is 0 Å². The second-order valence-corrected chi connectivity index (χ2v) is 6.42. The zero-order chi connectivity index (χ0) is 15.9. The molecule has 0 unspecified atom stereocenters. The number of carbonyl (C=O) groups is 1. The zero-order valence-corrected chi connectivity index (χ0v) is 13.0. The highest BCUT2D eigenvalue weighted by atomic mass is 16.4. The van der Waals surface area contributed by atoms with E-state index in [0.717, 1.165) is 22.0 Å². The molecule has 0 radical (unpaired) electrons. The molecule has 1 heterocycles. The normalized spacial score (nSPS) is 11.8. The number of fused-ring (bicyclic) bond motifs is 1. The highest BCUT2D eigenvalue weighted by molar-refractivity contribution is 6.08. The Balaban J connectivity index is 2.51. The molecule has 0 bridgehead atoms. The molecule has 3 heteroatoms. The third-order valence-electron chi connectivity index (χ3n) is 3.81. The van der Waals surface area contributed by atoms with Crippen molar-refractivity contribution >= 4 is 16.9 Å². The van der Waals surface area contributed by atoms with Crippen LogP contribution < -0.4 is 0 Å². The molecule has 3 nitrogen and oxygen atoms in total. The minimum Gasteiger partial charge on any atom is -0.477 e. The van der Waals surface area contributed by atoms with E-state index in [9.17, 15) is 9.90 Å². The van der Waals surface area contributed by atoms with E-state index in [1.165, 1.54) is 0 Å². The van der Waals surface area contributed by atoms with Crippen molar-refractivity contribution in [2.45, 2.75) is 26.3 Å². The summed E-state index contributed by atoms with van der Waals surface area (Å²) in [5, 5.41) is 10.8. The molecule has 2 aromatic carbocycles. The van der Waals surface area contributed by atoms with Gasteiger partial charge in [0, 0.05) is 22.0 Å². The van der Waals surface area contributed by atoms with Crippen LogP contribution in [0.5, 0.6) is 0 Å². The third kappa shape index (κ3) is 2.19. The summed E-state index contributed by atoms with van der Waals surface area (Å²) in [6.45, 7) is 6.09. The molecule has 0 fully saturated rings. The summed E-state index contributed by atoms with van der Waals surface area (Å²) < 4.78 is 1.92. The molecule has 1 aromatic heterocycles. The Labute approximate surface area is 129 Å². The molecule has 0 spiro atoms. The van der Waals surface area contributed by atoms with Gasteiger partial charge in [0.25, 0.3) is 0 Å². The molecule has 112 valence electrons. The standard InChI is InChI=1S/C19H19NO2/c1-19(2,3)20-15-12-8-7-11-14(15)16(17(20)18(21)22)13-9-5-4-6-10-13/h4-12H,1-3H3,(H,21,22). The van der Waals surface area contributed by atoms with Gasteiger partial charge < -0.3 is 9.67 Å². The molecule has 0 aliphatic carbocycles. The van der Waals surface area contributed by atoms with Crippen LogP contribution in [0.15, 0.2) is 54.6 Å². The van der Waals surface area contributed by atoms with E-state index in [-0.39, 0.29) is 5.54 Å². The monoisotopic (exact) mass is 293 g/mol. The van der Waals surface area contributed by atoms with Crippen LogP contribution >= 0.6 is 0 Å². The highest BCUT2D eigenvalue weighted by Crippen LogP contribution is 2.38. The van der Waals surface area contributed by atoms with Gasteiger partial charge in [-0.2, -0.15) is 0 Å². The first kappa shape index (κ1) is 14.4. The van der Waals surface area contributed by atoms with Crippen LogP contribution in [0.2, 0.25) is 0 Å². The van der Waals surface area contributed by atoms with Crippen LogP contribution in [0.25, 0.3) is 22.0 Å². The number of hydrogen-bond acceptors (Lipinski definition) is 1. The second-order valence-electron chi connectivity index (χ2n) is 6.42. The lowest BCUT2D eigenvalue weighted by Crippen LogP contribution is -2.25. The molecule has 0 aliphatic rings. The number of carboxylic acids is 1. The van der Waals surface area contributed by atoms with Gasteiger partial charge in [-0.1, -0.05) is 48.5 Å². The minimum absolute atomic E-state index is 0.319. The Bertz CT molecular complexity index is 839. The van der Waals surface area contributed by atoms with E-state index >= 15 is 0 Å². The lowest BCUT2D eigenvalue weighted by molar-refractivity contribution is 0.0680. The Morgan fingerprint density at radius 1 is 0.955 bits per heavy atom. The summed E-state index contributed by atoms with van der Waals surface area (Å²) in [6.07, 6.45) is 0. The van der Waals surface area contributed by atoms with Crippen molar-refractivity contribution in [1.82, 2.24) is 4.57 Å². The largest absolute Gasteiger partial charge is 0.477 e. The lowest BCUT2D eigenvalue weighted by Gasteiger charge is -2.24. The smallest absolute Gasteiger partial charge is 0.353 e. The van der Waals surface area contributed by atoms with Crippen molar-refractivity contribution in [3.05, 3.63) is 60.3 Å². The number of aromatic carboxylic acids is 1. The van der Waals surface area contributed by atoms with Crippen LogP contribution in [-0.2, 0) is 5.54 Å². The van der Waals surface area contributed by atoms with Crippen molar-refractivity contribution in [2.75, 3.05) is 0 Å². The van der Waals surface area contributed by atoms with E-state index in [1.807, 2.05) is 79.9 Å². The van der Waals surface area contributed by atoms with Gasteiger partial charge in [0.2, 0.25) is 0 Å². The zero-order valence-electron chi connectivity index (χ0n) is 13.0. The molecule has 0 saturated carbocycles. The quantitative estimate of drug-likeness (QED) is 0.740. The van der Waals surface area contributed by atoms with Gasteiger partial charge in [-0.15, -0.1) is 0 Å². The number of benzene rings is 2. The summed E-state index contributed by atoms with van der Waals surface area (Å²) in [5.41, 5.74) is 2.70. The number of aromatic nitrogens is 1. The molecule has 3 rings (SSSR count). The van der Waals surface area contributed by atoms with Gasteiger partial charge in [0.05, 0.1) is 0 Å². The average molecular weight is 293 g/mol. The maximum atomic E-state index is 12.0. The molecular weight excluding hydrogens is 274 g/mol. The molecule has 0 aliphatic heterocycles. The first-order valence-electron chi connectivity index (χ1n) is 7.34. The topological polar surface area (TPSA) is 42.2 Å². The lowest BCUT2D eigenvalue weighted by atomic mass is 10.0. The SMILES string of the molecule is CC(C)(C)n1c(C(=O)O)c(-c2ccccc2)c2ccccc21. The van der Waals surface area contributed by atoms with E-state index in [4.69, 9.17) is 0 Å². The Hall–Kier alpha value is -2.55. The minimum atomic E-state index is -0.898. The number of para-hydroxylation sites is 1. The molecule has 0 amide bonds. The van der Waals surface area contributed by atoms with Crippen LogP contribution in [0.1, 0.15) is 31.3 Å². The molecular formula is C19H19NO2. The fourth-order valence-corrected chi connectivity index (χ4v) is 3.04. The average Bonchev–Trinajstić information content (AvgIpc) is 2.83. The van der Waals surface area contributed by atoms with Crippen molar-refractivity contribution in [3.63, 3.8) is 0 Å². The maximum absolute atomic E-state index is 12.0. The van der Waals surface area contributed by atoms with E-state index in [0.29, 0.717) is 5.69 Å². The van der Waals surface area contributed by atoms with Gasteiger partial charge in [0.15, 0.2) is 0 Å². The molecule has 0 atom stereocenters. The second kappa shape index (κ2) is 5.02. The molecule has 0 saturated heterocycles. The van der Waals surface area contributed by atoms with Crippen molar-refractivity contribution in [1.29, 1.82) is 0 Å². The predicted octanol–water partition coefficient (Wildman–Crippen LogP) is 4.76. The van der Waals surface area contributed by atoms with Gasteiger partial charge in [-0.05, 0) is 32.4 Å². The Morgan fingerprint density at radius 3 is 2.14 bits per heavy atom. The van der Waals surface area contributed by atoms with Crippen molar-refractivity contribution in [3.8, 4) is 11.1 Å². The van der Waals surface area contributed by atoms with Crippen molar-refractivity contribution < 1.29 is 9.90 Å². The van der Waals surface area contributed by atoms with Gasteiger partial charge in [-0.3, -0.25) is 0 Å². The maximum Gasteiger partial charge on any atom is 0.353 e. The number of hydrogen-bond donors (Lipinski definition) is 1. The van der Waals surface area contributed by atoms with E-state index in [1.54, 1.807) is 0 Å². The third-order valence-corrected chi connectivity index (χ3v) is 3.81.